The van der Waals surface area contributed by atoms with Crippen molar-refractivity contribution in [2.75, 3.05) is 7.11 Å². The SMILES string of the molecule is COC(O)C1=CC([N+](=O)[O-])=C(O)C(O)C1. The van der Waals surface area contributed by atoms with Crippen LogP contribution in [0.25, 0.3) is 0 Å². The van der Waals surface area contributed by atoms with Crippen molar-refractivity contribution < 1.29 is 25.0 Å². The number of rotatable bonds is 3. The molecule has 7 heteroatoms. The summed E-state index contributed by atoms with van der Waals surface area (Å²) in [4.78, 5) is 9.64. The average molecular weight is 217 g/mol. The molecule has 2 unspecified atom stereocenters. The highest BCUT2D eigenvalue weighted by molar-refractivity contribution is 5.29. The largest absolute Gasteiger partial charge is 0.504 e. The van der Waals surface area contributed by atoms with Crippen molar-refractivity contribution in [3.63, 3.8) is 0 Å². The number of nitro groups is 1. The number of methoxy groups -OCH3 is 1. The fraction of sp³-hybridized carbons (Fsp3) is 0.500. The third-order valence-corrected chi connectivity index (χ3v) is 2.07. The molecule has 0 aromatic rings. The molecule has 0 heterocycles. The molecule has 0 spiro atoms. The van der Waals surface area contributed by atoms with Crippen LogP contribution in [-0.4, -0.2) is 39.7 Å². The Hall–Kier alpha value is -1.44. The summed E-state index contributed by atoms with van der Waals surface area (Å²) in [6.45, 7) is 0. The molecule has 1 aliphatic carbocycles. The van der Waals surface area contributed by atoms with Crippen LogP contribution >= 0.6 is 0 Å². The lowest BCUT2D eigenvalue weighted by Gasteiger charge is -2.19. The van der Waals surface area contributed by atoms with Gasteiger partial charge in [0.2, 0.25) is 0 Å². The van der Waals surface area contributed by atoms with Crippen LogP contribution in [-0.2, 0) is 4.74 Å². The molecule has 0 saturated carbocycles. The lowest BCUT2D eigenvalue weighted by atomic mass is 9.98. The standard InChI is InChI=1S/C8H11NO6/c1-15-8(12)4-2-5(9(13)14)7(11)6(10)3-4/h2,6,8,10-12H,3H2,1H3. The van der Waals surface area contributed by atoms with E-state index in [1.807, 2.05) is 0 Å². The van der Waals surface area contributed by atoms with E-state index in [1.165, 1.54) is 7.11 Å². The first kappa shape index (κ1) is 11.6. The fourth-order valence-corrected chi connectivity index (χ4v) is 1.27. The van der Waals surface area contributed by atoms with Crippen molar-refractivity contribution >= 4 is 0 Å². The van der Waals surface area contributed by atoms with Gasteiger partial charge in [-0.1, -0.05) is 0 Å². The van der Waals surface area contributed by atoms with Crippen LogP contribution in [0.1, 0.15) is 6.42 Å². The summed E-state index contributed by atoms with van der Waals surface area (Å²) in [5.74, 6) is -0.702. The summed E-state index contributed by atoms with van der Waals surface area (Å²) >= 11 is 0. The van der Waals surface area contributed by atoms with Gasteiger partial charge in [0.15, 0.2) is 12.0 Å². The van der Waals surface area contributed by atoms with Gasteiger partial charge in [0, 0.05) is 19.6 Å². The summed E-state index contributed by atoms with van der Waals surface area (Å²) < 4.78 is 4.55. The number of aliphatic hydroxyl groups excluding tert-OH is 3. The molecule has 0 fully saturated rings. The van der Waals surface area contributed by atoms with Crippen LogP contribution in [0.4, 0.5) is 0 Å². The smallest absolute Gasteiger partial charge is 0.309 e. The van der Waals surface area contributed by atoms with Crippen molar-refractivity contribution in [1.29, 1.82) is 0 Å². The van der Waals surface area contributed by atoms with Gasteiger partial charge in [0.25, 0.3) is 0 Å². The van der Waals surface area contributed by atoms with Crippen LogP contribution in [0.3, 0.4) is 0 Å². The number of allylic oxidation sites excluding steroid dienone is 1. The summed E-state index contributed by atoms with van der Waals surface area (Å²) in [5.41, 5.74) is -0.477. The number of nitrogens with zero attached hydrogens (tertiary/aromatic N) is 1. The van der Waals surface area contributed by atoms with Crippen molar-refractivity contribution in [3.8, 4) is 0 Å². The van der Waals surface area contributed by atoms with Gasteiger partial charge < -0.3 is 20.1 Å². The molecular weight excluding hydrogens is 206 g/mol. The summed E-state index contributed by atoms with van der Waals surface area (Å²) in [5, 5.41) is 38.2. The van der Waals surface area contributed by atoms with E-state index in [-0.39, 0.29) is 12.0 Å². The Kier molecular flexibility index (Phi) is 3.40. The second-order valence-electron chi connectivity index (χ2n) is 3.05. The Morgan fingerprint density at radius 2 is 2.33 bits per heavy atom. The molecular formula is C8H11NO6. The number of hydrogen-bond acceptors (Lipinski definition) is 6. The Morgan fingerprint density at radius 3 is 2.80 bits per heavy atom. The first-order valence-electron chi connectivity index (χ1n) is 4.14. The summed E-state index contributed by atoms with van der Waals surface area (Å²) in [6, 6.07) is 0. The summed E-state index contributed by atoms with van der Waals surface area (Å²) in [7, 11) is 1.22. The number of aliphatic hydroxyl groups is 3. The predicted octanol–water partition coefficient (Wildman–Crippen LogP) is -0.312. The van der Waals surface area contributed by atoms with E-state index in [0.717, 1.165) is 6.08 Å². The molecule has 7 nitrogen and oxygen atoms in total. The van der Waals surface area contributed by atoms with Gasteiger partial charge in [0.05, 0.1) is 4.92 Å². The molecule has 3 N–H and O–H groups in total. The quantitative estimate of drug-likeness (QED) is 0.339. The Bertz CT molecular complexity index is 334. The average Bonchev–Trinajstić information content (AvgIpc) is 2.20. The topological polar surface area (TPSA) is 113 Å². The maximum atomic E-state index is 10.5. The van der Waals surface area contributed by atoms with Crippen LogP contribution in [0, 0.1) is 10.1 Å². The van der Waals surface area contributed by atoms with Crippen LogP contribution < -0.4 is 0 Å². The minimum Gasteiger partial charge on any atom is -0.504 e. The van der Waals surface area contributed by atoms with E-state index in [2.05, 4.69) is 4.74 Å². The van der Waals surface area contributed by atoms with E-state index < -0.39 is 28.8 Å². The molecule has 0 aliphatic heterocycles. The van der Waals surface area contributed by atoms with Crippen LogP contribution in [0.5, 0.6) is 0 Å². The van der Waals surface area contributed by atoms with Crippen LogP contribution in [0.2, 0.25) is 0 Å². The van der Waals surface area contributed by atoms with E-state index in [1.54, 1.807) is 0 Å². The van der Waals surface area contributed by atoms with Gasteiger partial charge in [-0.05, 0) is 5.57 Å². The van der Waals surface area contributed by atoms with Crippen molar-refractivity contribution in [2.24, 2.45) is 0 Å². The molecule has 15 heavy (non-hydrogen) atoms. The van der Waals surface area contributed by atoms with E-state index in [4.69, 9.17) is 0 Å². The first-order valence-corrected chi connectivity index (χ1v) is 4.14. The summed E-state index contributed by atoms with van der Waals surface area (Å²) in [6.07, 6.45) is -1.80. The minimum absolute atomic E-state index is 0.0990. The molecule has 0 radical (unpaired) electrons. The maximum Gasteiger partial charge on any atom is 0.309 e. The highest BCUT2D eigenvalue weighted by Crippen LogP contribution is 2.25. The Balaban J connectivity index is 3.06. The van der Waals surface area contributed by atoms with E-state index in [0.29, 0.717) is 0 Å². The maximum absolute atomic E-state index is 10.5. The minimum atomic E-state index is -1.38. The van der Waals surface area contributed by atoms with Gasteiger partial charge in [-0.15, -0.1) is 0 Å². The second kappa shape index (κ2) is 4.39. The molecule has 0 aromatic carbocycles. The number of hydrogen-bond donors (Lipinski definition) is 3. The first-order chi connectivity index (χ1) is 6.97. The molecule has 0 saturated heterocycles. The van der Waals surface area contributed by atoms with Gasteiger partial charge in [-0.3, -0.25) is 10.1 Å². The third kappa shape index (κ3) is 2.32. The van der Waals surface area contributed by atoms with Crippen molar-refractivity contribution in [3.05, 3.63) is 33.2 Å². The van der Waals surface area contributed by atoms with E-state index >= 15 is 0 Å². The van der Waals surface area contributed by atoms with Gasteiger partial charge in [-0.2, -0.15) is 0 Å². The third-order valence-electron chi connectivity index (χ3n) is 2.07. The molecule has 1 aliphatic rings. The molecule has 0 amide bonds. The lowest BCUT2D eigenvalue weighted by Crippen LogP contribution is -2.25. The highest BCUT2D eigenvalue weighted by atomic mass is 16.6. The molecule has 0 aromatic heterocycles. The fourth-order valence-electron chi connectivity index (χ4n) is 1.27. The Morgan fingerprint density at radius 1 is 1.73 bits per heavy atom. The zero-order valence-corrected chi connectivity index (χ0v) is 7.95. The molecule has 0 bridgehead atoms. The predicted molar refractivity (Wildman–Crippen MR) is 48.4 cm³/mol. The normalized spacial score (nSPS) is 23.7. The molecule has 1 rings (SSSR count). The van der Waals surface area contributed by atoms with Gasteiger partial charge >= 0.3 is 5.70 Å². The Labute approximate surface area is 85.1 Å². The zero-order chi connectivity index (χ0) is 11.6. The van der Waals surface area contributed by atoms with Gasteiger partial charge in [0.1, 0.15) is 6.10 Å². The molecule has 84 valence electrons. The second-order valence-corrected chi connectivity index (χ2v) is 3.05. The van der Waals surface area contributed by atoms with E-state index in [9.17, 15) is 25.4 Å². The zero-order valence-electron chi connectivity index (χ0n) is 7.95. The van der Waals surface area contributed by atoms with Crippen molar-refractivity contribution in [2.45, 2.75) is 18.8 Å². The highest BCUT2D eigenvalue weighted by Gasteiger charge is 2.31. The van der Waals surface area contributed by atoms with Crippen molar-refractivity contribution in [1.82, 2.24) is 0 Å². The number of ether oxygens (including phenoxy) is 1. The molecule has 2 atom stereocenters. The van der Waals surface area contributed by atoms with Gasteiger partial charge in [-0.25, -0.2) is 0 Å². The lowest BCUT2D eigenvalue weighted by molar-refractivity contribution is -0.423. The monoisotopic (exact) mass is 217 g/mol. The van der Waals surface area contributed by atoms with Crippen LogP contribution in [0.15, 0.2) is 23.1 Å².